The van der Waals surface area contributed by atoms with Crippen LogP contribution in [0.3, 0.4) is 0 Å². The number of halogens is 1. The molecule has 0 spiro atoms. The average Bonchev–Trinajstić information content (AvgIpc) is 2.69. The Hall–Kier alpha value is -3.12. The molecule has 0 unspecified atom stereocenters. The number of hydrogen-bond donors (Lipinski definition) is 2. The number of aromatic amines is 1. The summed E-state index contributed by atoms with van der Waals surface area (Å²) in [5.41, 5.74) is 2.24. The molecule has 7 heteroatoms. The van der Waals surface area contributed by atoms with E-state index in [2.05, 4.69) is 9.97 Å². The van der Waals surface area contributed by atoms with Gasteiger partial charge in [0, 0.05) is 23.2 Å². The largest absolute Gasteiger partial charge is 0.506 e. The maximum atomic E-state index is 12.8. The van der Waals surface area contributed by atoms with Crippen molar-refractivity contribution in [3.05, 3.63) is 80.7 Å². The highest BCUT2D eigenvalue weighted by Gasteiger charge is 2.25. The maximum absolute atomic E-state index is 12.8. The van der Waals surface area contributed by atoms with Gasteiger partial charge in [0.05, 0.1) is 17.3 Å². The number of phenols is 1. The van der Waals surface area contributed by atoms with Crippen molar-refractivity contribution in [2.45, 2.75) is 13.0 Å². The van der Waals surface area contributed by atoms with Gasteiger partial charge in [-0.1, -0.05) is 41.9 Å². The second kappa shape index (κ2) is 6.89. The molecule has 6 nitrogen and oxygen atoms in total. The Morgan fingerprint density at radius 2 is 1.96 bits per heavy atom. The summed E-state index contributed by atoms with van der Waals surface area (Å²) in [7, 11) is 0. The van der Waals surface area contributed by atoms with Gasteiger partial charge in [-0.15, -0.1) is 0 Å². The van der Waals surface area contributed by atoms with E-state index in [1.165, 1.54) is 18.2 Å². The molecule has 136 valence electrons. The van der Waals surface area contributed by atoms with E-state index in [0.717, 1.165) is 5.56 Å². The molecule has 2 N–H and O–H groups in total. The molecule has 0 radical (unpaired) electrons. The van der Waals surface area contributed by atoms with E-state index in [-0.39, 0.29) is 28.8 Å². The van der Waals surface area contributed by atoms with Crippen molar-refractivity contribution < 1.29 is 9.90 Å². The third-order valence-corrected chi connectivity index (χ3v) is 4.91. The first-order valence-corrected chi connectivity index (χ1v) is 8.86. The van der Waals surface area contributed by atoms with Crippen LogP contribution in [0, 0.1) is 0 Å². The van der Waals surface area contributed by atoms with Crippen LogP contribution in [0.25, 0.3) is 11.4 Å². The first-order chi connectivity index (χ1) is 13.0. The van der Waals surface area contributed by atoms with Gasteiger partial charge in [-0.25, -0.2) is 4.98 Å². The molecule has 0 fully saturated rings. The summed E-state index contributed by atoms with van der Waals surface area (Å²) in [5, 5.41) is 9.65. The summed E-state index contributed by atoms with van der Waals surface area (Å²) < 4.78 is 0. The van der Waals surface area contributed by atoms with Crippen LogP contribution in [0.15, 0.2) is 53.3 Å². The predicted octanol–water partition coefficient (Wildman–Crippen LogP) is 2.99. The number of rotatable bonds is 2. The SMILES string of the molecule is O=C(c1ccc(O)c(Cl)c1)N1CCc2c(nc(-c3ccccc3)[nH]c2=O)C1. The quantitative estimate of drug-likeness (QED) is 0.714. The summed E-state index contributed by atoms with van der Waals surface area (Å²) in [6.07, 6.45) is 0.435. The van der Waals surface area contributed by atoms with Crippen LogP contribution in [-0.2, 0) is 13.0 Å². The summed E-state index contributed by atoms with van der Waals surface area (Å²) >= 11 is 5.91. The maximum Gasteiger partial charge on any atom is 0.254 e. The number of aromatic hydroxyl groups is 1. The molecule has 2 aromatic carbocycles. The summed E-state index contributed by atoms with van der Waals surface area (Å²) in [6.45, 7) is 0.663. The predicted molar refractivity (Wildman–Crippen MR) is 102 cm³/mol. The lowest BCUT2D eigenvalue weighted by Crippen LogP contribution is -2.39. The molecule has 0 aliphatic carbocycles. The molecule has 1 aliphatic heterocycles. The molecule has 1 aliphatic rings. The zero-order valence-electron chi connectivity index (χ0n) is 14.3. The number of hydrogen-bond acceptors (Lipinski definition) is 4. The van der Waals surface area contributed by atoms with Crippen LogP contribution in [-0.4, -0.2) is 32.4 Å². The van der Waals surface area contributed by atoms with Crippen molar-refractivity contribution in [3.63, 3.8) is 0 Å². The Morgan fingerprint density at radius 3 is 2.70 bits per heavy atom. The number of fused-ring (bicyclic) bond motifs is 1. The molecule has 27 heavy (non-hydrogen) atoms. The Labute approximate surface area is 160 Å². The zero-order valence-corrected chi connectivity index (χ0v) is 15.0. The second-order valence-electron chi connectivity index (χ2n) is 6.35. The van der Waals surface area contributed by atoms with E-state index >= 15 is 0 Å². The molecule has 0 saturated heterocycles. The van der Waals surface area contributed by atoms with Crippen molar-refractivity contribution in [3.8, 4) is 17.1 Å². The fraction of sp³-hybridized carbons (Fsp3) is 0.150. The normalized spacial score (nSPS) is 13.3. The summed E-state index contributed by atoms with van der Waals surface area (Å²) in [6, 6.07) is 13.7. The van der Waals surface area contributed by atoms with Gasteiger partial charge >= 0.3 is 0 Å². The lowest BCUT2D eigenvalue weighted by Gasteiger charge is -2.28. The Morgan fingerprint density at radius 1 is 1.19 bits per heavy atom. The second-order valence-corrected chi connectivity index (χ2v) is 6.76. The van der Waals surface area contributed by atoms with Gasteiger partial charge in [-0.2, -0.15) is 0 Å². The molecule has 1 amide bonds. The number of phenolic OH excluding ortho intramolecular Hbond substituents is 1. The highest BCUT2D eigenvalue weighted by atomic mass is 35.5. The van der Waals surface area contributed by atoms with Crippen LogP contribution >= 0.6 is 11.6 Å². The van der Waals surface area contributed by atoms with Crippen molar-refractivity contribution in [2.24, 2.45) is 0 Å². The number of carbonyl (C=O) groups excluding carboxylic acids is 1. The van der Waals surface area contributed by atoms with Crippen LogP contribution < -0.4 is 5.56 Å². The highest BCUT2D eigenvalue weighted by molar-refractivity contribution is 6.32. The van der Waals surface area contributed by atoms with E-state index in [0.29, 0.717) is 35.6 Å². The fourth-order valence-corrected chi connectivity index (χ4v) is 3.35. The Kier molecular flexibility index (Phi) is 4.41. The lowest BCUT2D eigenvalue weighted by atomic mass is 10.0. The number of nitrogens with one attached hydrogen (secondary N) is 1. The molecule has 4 rings (SSSR count). The number of benzene rings is 2. The number of nitrogens with zero attached hydrogens (tertiary/aromatic N) is 2. The lowest BCUT2D eigenvalue weighted by molar-refractivity contribution is 0.0731. The van der Waals surface area contributed by atoms with Crippen molar-refractivity contribution in [1.82, 2.24) is 14.9 Å². The van der Waals surface area contributed by atoms with Crippen LogP contribution in [0.1, 0.15) is 21.6 Å². The minimum atomic E-state index is -0.217. The van der Waals surface area contributed by atoms with E-state index in [1.54, 1.807) is 4.90 Å². The van der Waals surface area contributed by atoms with E-state index in [9.17, 15) is 14.7 Å². The molecule has 2 heterocycles. The molecule has 1 aromatic heterocycles. The number of H-pyrrole nitrogens is 1. The molecule has 0 bridgehead atoms. The van der Waals surface area contributed by atoms with Gasteiger partial charge < -0.3 is 15.0 Å². The smallest absolute Gasteiger partial charge is 0.254 e. The van der Waals surface area contributed by atoms with E-state index < -0.39 is 0 Å². The standard InChI is InChI=1S/C20H16ClN3O3/c21-15-10-13(6-7-17(15)25)20(27)24-9-8-14-16(11-24)22-18(23-19(14)26)12-4-2-1-3-5-12/h1-7,10,25H,8-9,11H2,(H,22,23,26). The molecule has 3 aromatic rings. The fourth-order valence-electron chi connectivity index (χ4n) is 3.17. The third kappa shape index (κ3) is 3.31. The van der Waals surface area contributed by atoms with E-state index in [4.69, 9.17) is 11.6 Å². The first kappa shape index (κ1) is 17.3. The third-order valence-electron chi connectivity index (χ3n) is 4.60. The molecule has 0 atom stereocenters. The number of carbonyl (C=O) groups is 1. The first-order valence-electron chi connectivity index (χ1n) is 8.48. The highest BCUT2D eigenvalue weighted by Crippen LogP contribution is 2.25. The van der Waals surface area contributed by atoms with Gasteiger partial charge in [0.2, 0.25) is 0 Å². The Bertz CT molecular complexity index is 1080. The topological polar surface area (TPSA) is 86.3 Å². The number of amides is 1. The van der Waals surface area contributed by atoms with Crippen molar-refractivity contribution >= 4 is 17.5 Å². The summed E-state index contributed by atoms with van der Waals surface area (Å²) in [4.78, 5) is 34.3. The molecular weight excluding hydrogens is 366 g/mol. The van der Waals surface area contributed by atoms with Gasteiger partial charge in [0.15, 0.2) is 0 Å². The Balaban J connectivity index is 1.66. The number of aromatic nitrogens is 2. The van der Waals surface area contributed by atoms with Gasteiger partial charge in [-0.05, 0) is 24.6 Å². The van der Waals surface area contributed by atoms with Gasteiger partial charge in [0.25, 0.3) is 11.5 Å². The van der Waals surface area contributed by atoms with Crippen molar-refractivity contribution in [1.29, 1.82) is 0 Å². The minimum absolute atomic E-state index is 0.0714. The van der Waals surface area contributed by atoms with Crippen LogP contribution in [0.5, 0.6) is 5.75 Å². The van der Waals surface area contributed by atoms with Gasteiger partial charge in [-0.3, -0.25) is 9.59 Å². The van der Waals surface area contributed by atoms with Crippen LogP contribution in [0.4, 0.5) is 0 Å². The van der Waals surface area contributed by atoms with Crippen LogP contribution in [0.2, 0.25) is 5.02 Å². The van der Waals surface area contributed by atoms with Gasteiger partial charge in [0.1, 0.15) is 11.6 Å². The monoisotopic (exact) mass is 381 g/mol. The molecule has 0 saturated carbocycles. The van der Waals surface area contributed by atoms with Crippen molar-refractivity contribution in [2.75, 3.05) is 6.54 Å². The minimum Gasteiger partial charge on any atom is -0.506 e. The van der Waals surface area contributed by atoms with E-state index in [1.807, 2.05) is 30.3 Å². The summed E-state index contributed by atoms with van der Waals surface area (Å²) in [5.74, 6) is 0.199. The molecular formula is C20H16ClN3O3. The average molecular weight is 382 g/mol. The zero-order chi connectivity index (χ0) is 19.0.